The second kappa shape index (κ2) is 11.0. The summed E-state index contributed by atoms with van der Waals surface area (Å²) in [4.78, 5) is 26.0. The standard InChI is InChI=1S/C25H33FN2O3/c1-6-22(25(30)27-24-18(4)14-21(26)15-19(24)5)28(7-2,8-3)16-23(29)31-17-20-12-10-9-11-13-20/h9-15,22H,6-8,16-17H2,1-5H3/p+1. The van der Waals surface area contributed by atoms with Gasteiger partial charge in [-0.05, 0) is 56.5 Å². The quantitative estimate of drug-likeness (QED) is 0.438. The molecule has 0 fully saturated rings. The molecule has 0 aliphatic carbocycles. The molecular formula is C25H34FN2O3+. The van der Waals surface area contributed by atoms with Crippen LogP contribution in [0.5, 0.6) is 0 Å². The first-order valence-corrected chi connectivity index (χ1v) is 10.9. The molecule has 2 aromatic carbocycles. The van der Waals surface area contributed by atoms with E-state index in [0.717, 1.165) is 5.56 Å². The van der Waals surface area contributed by atoms with Gasteiger partial charge in [0.05, 0.1) is 13.1 Å². The van der Waals surface area contributed by atoms with Gasteiger partial charge in [0.15, 0.2) is 12.6 Å². The molecule has 2 rings (SSSR count). The molecule has 0 bridgehead atoms. The van der Waals surface area contributed by atoms with E-state index in [4.69, 9.17) is 4.74 Å². The minimum absolute atomic E-state index is 0.118. The zero-order valence-electron chi connectivity index (χ0n) is 19.2. The number of ether oxygens (including phenoxy) is 1. The van der Waals surface area contributed by atoms with Gasteiger partial charge in [-0.25, -0.2) is 9.18 Å². The Balaban J connectivity index is 2.17. The molecule has 168 valence electrons. The van der Waals surface area contributed by atoms with Crippen molar-refractivity contribution in [3.05, 3.63) is 65.0 Å². The number of quaternary nitrogens is 1. The first-order chi connectivity index (χ1) is 14.8. The number of likely N-dealkylation sites (N-methyl/N-ethyl adjacent to an activating group) is 1. The average Bonchev–Trinajstić information content (AvgIpc) is 2.75. The predicted molar refractivity (Wildman–Crippen MR) is 121 cm³/mol. The molecule has 0 heterocycles. The Morgan fingerprint density at radius 3 is 2.13 bits per heavy atom. The van der Waals surface area contributed by atoms with Crippen molar-refractivity contribution in [2.24, 2.45) is 0 Å². The number of aryl methyl sites for hydroxylation is 2. The Labute approximate surface area is 184 Å². The van der Waals surface area contributed by atoms with Gasteiger partial charge >= 0.3 is 5.97 Å². The average molecular weight is 430 g/mol. The van der Waals surface area contributed by atoms with Crippen LogP contribution in [0.1, 0.15) is 43.9 Å². The maximum atomic E-state index is 13.6. The summed E-state index contributed by atoms with van der Waals surface area (Å²) in [7, 11) is 0. The molecule has 6 heteroatoms. The molecule has 0 aliphatic heterocycles. The number of carbonyl (C=O) groups is 2. The lowest BCUT2D eigenvalue weighted by Gasteiger charge is -2.41. The van der Waals surface area contributed by atoms with Crippen LogP contribution < -0.4 is 5.32 Å². The number of hydrogen-bond acceptors (Lipinski definition) is 3. The maximum Gasteiger partial charge on any atom is 0.362 e. The van der Waals surface area contributed by atoms with E-state index in [0.29, 0.717) is 40.8 Å². The number of nitrogens with one attached hydrogen (secondary N) is 1. The summed E-state index contributed by atoms with van der Waals surface area (Å²) in [6.45, 7) is 11.0. The van der Waals surface area contributed by atoms with Crippen molar-refractivity contribution >= 4 is 17.6 Å². The number of hydrogen-bond donors (Lipinski definition) is 1. The van der Waals surface area contributed by atoms with Crippen LogP contribution in [0.2, 0.25) is 0 Å². The number of benzene rings is 2. The van der Waals surface area contributed by atoms with Crippen molar-refractivity contribution in [3.63, 3.8) is 0 Å². The third-order valence-electron chi connectivity index (χ3n) is 6.04. The molecule has 5 nitrogen and oxygen atoms in total. The van der Waals surface area contributed by atoms with E-state index in [9.17, 15) is 14.0 Å². The van der Waals surface area contributed by atoms with E-state index in [2.05, 4.69) is 5.32 Å². The van der Waals surface area contributed by atoms with Crippen molar-refractivity contribution in [1.82, 2.24) is 0 Å². The number of nitrogens with zero attached hydrogens (tertiary/aromatic N) is 1. The first kappa shape index (κ1) is 24.5. The van der Waals surface area contributed by atoms with Gasteiger partial charge in [-0.15, -0.1) is 0 Å². The van der Waals surface area contributed by atoms with Gasteiger partial charge in [0.2, 0.25) is 0 Å². The Hall–Kier alpha value is -2.73. The minimum atomic E-state index is -0.428. The molecule has 1 atom stereocenters. The SMILES string of the molecule is CCC(C(=O)Nc1c(C)cc(F)cc1C)[N+](CC)(CC)CC(=O)OCc1ccccc1. The topological polar surface area (TPSA) is 55.4 Å². The fourth-order valence-electron chi connectivity index (χ4n) is 4.17. The van der Waals surface area contributed by atoms with E-state index in [1.165, 1.54) is 12.1 Å². The third kappa shape index (κ3) is 6.14. The van der Waals surface area contributed by atoms with E-state index in [1.807, 2.05) is 51.1 Å². The summed E-state index contributed by atoms with van der Waals surface area (Å²) in [6, 6.07) is 11.9. The van der Waals surface area contributed by atoms with E-state index in [1.54, 1.807) is 13.8 Å². The van der Waals surface area contributed by atoms with E-state index < -0.39 is 6.04 Å². The summed E-state index contributed by atoms with van der Waals surface area (Å²) in [5.41, 5.74) is 2.90. The second-order valence-electron chi connectivity index (χ2n) is 7.98. The summed E-state index contributed by atoms with van der Waals surface area (Å²) in [5.74, 6) is -0.818. The molecule has 1 N–H and O–H groups in total. The van der Waals surface area contributed by atoms with E-state index in [-0.39, 0.29) is 30.8 Å². The monoisotopic (exact) mass is 429 g/mol. The van der Waals surface area contributed by atoms with Crippen molar-refractivity contribution < 1.29 is 23.2 Å². The number of carbonyl (C=O) groups excluding carboxylic acids is 2. The van der Waals surface area contributed by atoms with Crippen LogP contribution in [-0.4, -0.2) is 42.0 Å². The normalized spacial score (nSPS) is 12.3. The Morgan fingerprint density at radius 2 is 1.61 bits per heavy atom. The zero-order valence-corrected chi connectivity index (χ0v) is 19.2. The summed E-state index contributed by atoms with van der Waals surface area (Å²) in [6.07, 6.45) is 0.568. The predicted octanol–water partition coefficient (Wildman–Crippen LogP) is 4.76. The number of rotatable bonds is 10. The highest BCUT2D eigenvalue weighted by Gasteiger charge is 2.40. The Bertz CT molecular complexity index is 872. The van der Waals surface area contributed by atoms with Crippen LogP contribution in [0.3, 0.4) is 0 Å². The zero-order chi connectivity index (χ0) is 23.0. The van der Waals surface area contributed by atoms with Gasteiger partial charge in [0, 0.05) is 12.1 Å². The van der Waals surface area contributed by atoms with E-state index >= 15 is 0 Å². The molecule has 0 saturated heterocycles. The molecule has 0 radical (unpaired) electrons. The van der Waals surface area contributed by atoms with Gasteiger partial charge in [-0.3, -0.25) is 4.79 Å². The molecule has 31 heavy (non-hydrogen) atoms. The number of amides is 1. The first-order valence-electron chi connectivity index (χ1n) is 10.9. The van der Waals surface area contributed by atoms with Crippen LogP contribution in [0, 0.1) is 19.7 Å². The third-order valence-corrected chi connectivity index (χ3v) is 6.04. The van der Waals surface area contributed by atoms with Gasteiger partial charge in [0.1, 0.15) is 12.4 Å². The molecule has 0 spiro atoms. The van der Waals surface area contributed by atoms with Crippen LogP contribution in [0.15, 0.2) is 42.5 Å². The van der Waals surface area contributed by atoms with Crippen LogP contribution in [0.25, 0.3) is 0 Å². The molecular weight excluding hydrogens is 395 g/mol. The number of esters is 1. The largest absolute Gasteiger partial charge is 0.457 e. The van der Waals surface area contributed by atoms with Gasteiger partial charge in [0.25, 0.3) is 5.91 Å². The molecule has 1 unspecified atom stereocenters. The fourth-order valence-corrected chi connectivity index (χ4v) is 4.17. The molecule has 1 amide bonds. The van der Waals surface area contributed by atoms with Crippen LogP contribution in [0.4, 0.5) is 10.1 Å². The highest BCUT2D eigenvalue weighted by atomic mass is 19.1. The summed E-state index contributed by atoms with van der Waals surface area (Å²) < 4.78 is 19.4. The number of halogens is 1. The van der Waals surface area contributed by atoms with Crippen molar-refractivity contribution in [3.8, 4) is 0 Å². The molecule has 0 aromatic heterocycles. The summed E-state index contributed by atoms with van der Waals surface area (Å²) in [5, 5.41) is 2.99. The van der Waals surface area contributed by atoms with Crippen molar-refractivity contribution in [1.29, 1.82) is 0 Å². The Kier molecular flexibility index (Phi) is 8.75. The van der Waals surface area contributed by atoms with Crippen LogP contribution >= 0.6 is 0 Å². The van der Waals surface area contributed by atoms with Gasteiger partial charge in [-0.1, -0.05) is 37.3 Å². The number of anilines is 1. The highest BCUT2D eigenvalue weighted by Crippen LogP contribution is 2.24. The minimum Gasteiger partial charge on any atom is -0.457 e. The Morgan fingerprint density at radius 1 is 1.03 bits per heavy atom. The molecule has 0 saturated carbocycles. The highest BCUT2D eigenvalue weighted by molar-refractivity contribution is 5.95. The summed E-state index contributed by atoms with van der Waals surface area (Å²) >= 11 is 0. The maximum absolute atomic E-state index is 13.6. The van der Waals surface area contributed by atoms with Gasteiger partial charge < -0.3 is 14.5 Å². The van der Waals surface area contributed by atoms with Crippen molar-refractivity contribution in [2.75, 3.05) is 25.0 Å². The lowest BCUT2D eigenvalue weighted by molar-refractivity contribution is -0.932. The molecule has 0 aliphatic rings. The van der Waals surface area contributed by atoms with Gasteiger partial charge in [-0.2, -0.15) is 0 Å². The smallest absolute Gasteiger partial charge is 0.362 e. The van der Waals surface area contributed by atoms with Crippen LogP contribution in [-0.2, 0) is 20.9 Å². The second-order valence-corrected chi connectivity index (χ2v) is 7.98. The van der Waals surface area contributed by atoms with Crippen molar-refractivity contribution in [2.45, 2.75) is 53.7 Å². The lowest BCUT2D eigenvalue weighted by Crippen LogP contribution is -2.61. The lowest BCUT2D eigenvalue weighted by atomic mass is 10.1. The molecule has 2 aromatic rings. The fraction of sp³-hybridized carbons (Fsp3) is 0.440.